The van der Waals surface area contributed by atoms with Crippen LogP contribution in [-0.4, -0.2) is 11.8 Å². The lowest BCUT2D eigenvalue weighted by molar-refractivity contribution is -0.137. The average Bonchev–Trinajstić information content (AvgIpc) is 2.60. The molecular formula is C17H13F3N4O2. The van der Waals surface area contributed by atoms with Gasteiger partial charge in [-0.3, -0.25) is 20.4 Å². The first-order valence-corrected chi connectivity index (χ1v) is 7.30. The molecule has 0 unspecified atom stereocenters. The van der Waals surface area contributed by atoms with Crippen molar-refractivity contribution in [2.45, 2.75) is 12.6 Å². The van der Waals surface area contributed by atoms with Crippen LogP contribution in [0.4, 0.5) is 24.5 Å². The van der Waals surface area contributed by atoms with Gasteiger partial charge in [-0.2, -0.15) is 18.4 Å². The van der Waals surface area contributed by atoms with E-state index in [1.165, 1.54) is 18.2 Å². The SMILES string of the molecule is N#CCC(=O)NNC(=O)c1ccccc1Nc1ccc(C(F)(F)F)cc1. The number of halogens is 3. The molecule has 0 aliphatic carbocycles. The van der Waals surface area contributed by atoms with Gasteiger partial charge in [0.1, 0.15) is 6.42 Å². The van der Waals surface area contributed by atoms with E-state index in [-0.39, 0.29) is 5.56 Å². The van der Waals surface area contributed by atoms with Crippen molar-refractivity contribution >= 4 is 23.2 Å². The lowest BCUT2D eigenvalue weighted by Crippen LogP contribution is -2.41. The van der Waals surface area contributed by atoms with Crippen molar-refractivity contribution in [3.8, 4) is 6.07 Å². The maximum Gasteiger partial charge on any atom is 0.416 e. The minimum absolute atomic E-state index is 0.157. The third-order valence-corrected chi connectivity index (χ3v) is 3.22. The highest BCUT2D eigenvalue weighted by Crippen LogP contribution is 2.30. The van der Waals surface area contributed by atoms with Crippen LogP contribution in [0.15, 0.2) is 48.5 Å². The summed E-state index contributed by atoms with van der Waals surface area (Å²) in [4.78, 5) is 23.4. The Morgan fingerprint density at radius 1 is 1.00 bits per heavy atom. The van der Waals surface area contributed by atoms with E-state index in [0.29, 0.717) is 11.4 Å². The zero-order valence-corrected chi connectivity index (χ0v) is 13.2. The number of benzene rings is 2. The van der Waals surface area contributed by atoms with E-state index in [2.05, 4.69) is 16.2 Å². The van der Waals surface area contributed by atoms with Crippen molar-refractivity contribution in [2.75, 3.05) is 5.32 Å². The van der Waals surface area contributed by atoms with Crippen LogP contribution in [0.3, 0.4) is 0 Å². The molecule has 0 spiro atoms. The molecule has 2 aromatic rings. The van der Waals surface area contributed by atoms with E-state index in [1.807, 2.05) is 0 Å². The molecule has 0 saturated heterocycles. The van der Waals surface area contributed by atoms with Gasteiger partial charge < -0.3 is 5.32 Å². The summed E-state index contributed by atoms with van der Waals surface area (Å²) in [5.41, 5.74) is 4.30. The predicted molar refractivity (Wildman–Crippen MR) is 87.0 cm³/mol. The summed E-state index contributed by atoms with van der Waals surface area (Å²) in [6, 6.07) is 12.2. The first-order chi connectivity index (χ1) is 12.3. The normalized spacial score (nSPS) is 10.5. The van der Waals surface area contributed by atoms with Gasteiger partial charge in [0.15, 0.2) is 0 Å². The zero-order valence-electron chi connectivity index (χ0n) is 13.2. The molecule has 0 fully saturated rings. The molecule has 3 N–H and O–H groups in total. The van der Waals surface area contributed by atoms with Crippen LogP contribution in [0.25, 0.3) is 0 Å². The summed E-state index contributed by atoms with van der Waals surface area (Å²) in [5, 5.41) is 11.2. The van der Waals surface area contributed by atoms with Crippen molar-refractivity contribution in [3.63, 3.8) is 0 Å². The number of hydrazine groups is 1. The fourth-order valence-corrected chi connectivity index (χ4v) is 2.00. The third-order valence-electron chi connectivity index (χ3n) is 3.22. The molecule has 2 amide bonds. The molecule has 0 atom stereocenters. The van der Waals surface area contributed by atoms with Crippen LogP contribution in [-0.2, 0) is 11.0 Å². The molecule has 0 radical (unpaired) electrons. The lowest BCUT2D eigenvalue weighted by atomic mass is 10.1. The molecule has 0 aliphatic rings. The van der Waals surface area contributed by atoms with Gasteiger partial charge in [0, 0.05) is 5.69 Å². The van der Waals surface area contributed by atoms with Gasteiger partial charge >= 0.3 is 6.18 Å². The quantitative estimate of drug-likeness (QED) is 0.729. The lowest BCUT2D eigenvalue weighted by Gasteiger charge is -2.13. The van der Waals surface area contributed by atoms with Gasteiger partial charge in [0.25, 0.3) is 11.8 Å². The van der Waals surface area contributed by atoms with Crippen molar-refractivity contribution in [2.24, 2.45) is 0 Å². The smallest absolute Gasteiger partial charge is 0.355 e. The highest BCUT2D eigenvalue weighted by atomic mass is 19.4. The number of amides is 2. The largest absolute Gasteiger partial charge is 0.416 e. The first-order valence-electron chi connectivity index (χ1n) is 7.30. The Bertz CT molecular complexity index is 842. The monoisotopic (exact) mass is 362 g/mol. The van der Waals surface area contributed by atoms with Crippen LogP contribution < -0.4 is 16.2 Å². The number of nitriles is 1. The minimum atomic E-state index is -4.43. The molecule has 2 aromatic carbocycles. The van der Waals surface area contributed by atoms with E-state index in [9.17, 15) is 22.8 Å². The first kappa shape index (κ1) is 18.8. The fraction of sp³-hybridized carbons (Fsp3) is 0.118. The summed E-state index contributed by atoms with van der Waals surface area (Å²) in [6.45, 7) is 0. The molecule has 26 heavy (non-hydrogen) atoms. The number of nitrogens with zero attached hydrogens (tertiary/aromatic N) is 1. The molecule has 2 rings (SSSR count). The van der Waals surface area contributed by atoms with E-state index in [0.717, 1.165) is 12.1 Å². The van der Waals surface area contributed by atoms with E-state index >= 15 is 0 Å². The second kappa shape index (κ2) is 8.02. The van der Waals surface area contributed by atoms with E-state index < -0.39 is 30.0 Å². The van der Waals surface area contributed by atoms with Crippen LogP contribution in [0.5, 0.6) is 0 Å². The summed E-state index contributed by atoms with van der Waals surface area (Å²) in [6.07, 6.45) is -4.84. The maximum absolute atomic E-state index is 12.6. The summed E-state index contributed by atoms with van der Waals surface area (Å²) >= 11 is 0. The van der Waals surface area contributed by atoms with Crippen molar-refractivity contribution < 1.29 is 22.8 Å². The topological polar surface area (TPSA) is 94.0 Å². The molecule has 0 heterocycles. The third kappa shape index (κ3) is 4.98. The molecule has 0 aliphatic heterocycles. The van der Waals surface area contributed by atoms with Crippen molar-refractivity contribution in [3.05, 3.63) is 59.7 Å². The molecular weight excluding hydrogens is 349 g/mol. The zero-order chi connectivity index (χ0) is 19.2. The van der Waals surface area contributed by atoms with Crippen molar-refractivity contribution in [1.82, 2.24) is 10.9 Å². The Labute approximate surface area is 146 Å². The standard InChI is InChI=1S/C17H13F3N4O2/c18-17(19,20)11-5-7-12(8-6-11)22-14-4-2-1-3-13(14)16(26)24-23-15(25)9-10-21/h1-8,22H,9H2,(H,23,25)(H,24,26). The second-order valence-electron chi connectivity index (χ2n) is 5.08. The number of alkyl halides is 3. The van der Waals surface area contributed by atoms with Crippen LogP contribution in [0.2, 0.25) is 0 Å². The summed E-state index contributed by atoms with van der Waals surface area (Å²) in [5.74, 6) is -1.32. The number of hydrogen-bond acceptors (Lipinski definition) is 4. The average molecular weight is 362 g/mol. The van der Waals surface area contributed by atoms with Gasteiger partial charge in [-0.1, -0.05) is 12.1 Å². The van der Waals surface area contributed by atoms with Gasteiger partial charge in [-0.25, -0.2) is 0 Å². The molecule has 0 bridgehead atoms. The van der Waals surface area contributed by atoms with Crippen LogP contribution in [0.1, 0.15) is 22.3 Å². The Morgan fingerprint density at radius 2 is 1.65 bits per heavy atom. The molecule has 9 heteroatoms. The number of hydrogen-bond donors (Lipinski definition) is 3. The Hall–Kier alpha value is -3.54. The highest BCUT2D eigenvalue weighted by Gasteiger charge is 2.29. The fourth-order valence-electron chi connectivity index (χ4n) is 2.00. The Balaban J connectivity index is 2.12. The number of carbonyl (C=O) groups excluding carboxylic acids is 2. The maximum atomic E-state index is 12.6. The number of nitrogens with one attached hydrogen (secondary N) is 3. The molecule has 134 valence electrons. The van der Waals surface area contributed by atoms with Crippen LogP contribution in [0, 0.1) is 11.3 Å². The summed E-state index contributed by atoms with van der Waals surface area (Å²) < 4.78 is 37.8. The van der Waals surface area contributed by atoms with E-state index in [1.54, 1.807) is 24.3 Å². The number of rotatable bonds is 4. The number of para-hydroxylation sites is 1. The molecule has 0 saturated carbocycles. The Kier molecular flexibility index (Phi) is 5.80. The molecule has 0 aromatic heterocycles. The van der Waals surface area contributed by atoms with Gasteiger partial charge in [0.2, 0.25) is 0 Å². The van der Waals surface area contributed by atoms with Gasteiger partial charge in [0.05, 0.1) is 22.9 Å². The second-order valence-corrected chi connectivity index (χ2v) is 5.08. The molecule has 6 nitrogen and oxygen atoms in total. The Morgan fingerprint density at radius 3 is 2.27 bits per heavy atom. The van der Waals surface area contributed by atoms with Crippen LogP contribution >= 0.6 is 0 Å². The van der Waals surface area contributed by atoms with Gasteiger partial charge in [-0.05, 0) is 36.4 Å². The number of carbonyl (C=O) groups is 2. The number of anilines is 2. The predicted octanol–water partition coefficient (Wildman–Crippen LogP) is 3.12. The minimum Gasteiger partial charge on any atom is -0.355 e. The van der Waals surface area contributed by atoms with Gasteiger partial charge in [-0.15, -0.1) is 0 Å². The van der Waals surface area contributed by atoms with E-state index in [4.69, 9.17) is 5.26 Å². The highest BCUT2D eigenvalue weighted by molar-refractivity contribution is 6.01. The van der Waals surface area contributed by atoms with Crippen molar-refractivity contribution in [1.29, 1.82) is 5.26 Å². The summed E-state index contributed by atoms with van der Waals surface area (Å²) in [7, 11) is 0.